The molecule has 0 unspecified atom stereocenters. The summed E-state index contributed by atoms with van der Waals surface area (Å²) in [5.74, 6) is 1.20. The Hall–Kier alpha value is -3.27. The van der Waals surface area contributed by atoms with Gasteiger partial charge in [0.25, 0.3) is 0 Å². The van der Waals surface area contributed by atoms with Crippen LogP contribution in [0.15, 0.2) is 97.1 Å². The van der Waals surface area contributed by atoms with Crippen LogP contribution in [-0.4, -0.2) is 11.6 Å². The normalized spacial score (nSPS) is 15.0. The third-order valence-electron chi connectivity index (χ3n) is 12.2. The van der Waals surface area contributed by atoms with E-state index < -0.39 is 65.0 Å². The average Bonchev–Trinajstić information content (AvgIpc) is 4.07. The first-order chi connectivity index (χ1) is 31.1. The zero-order valence-electron chi connectivity index (χ0n) is 36.8. The van der Waals surface area contributed by atoms with Crippen molar-refractivity contribution in [3.05, 3.63) is 130 Å². The Bertz CT molecular complexity index is 2410. The number of fused-ring (bicyclic) bond motifs is 2. The summed E-state index contributed by atoms with van der Waals surface area (Å²) in [6.07, 6.45) is -12.7. The Kier molecular flexibility index (Phi) is 19.9. The Balaban J connectivity index is 0.000000250. The van der Waals surface area contributed by atoms with Gasteiger partial charge in [0.15, 0.2) is 0 Å². The molecule has 0 amide bonds. The maximum absolute atomic E-state index is 13.2. The maximum atomic E-state index is 13.2. The Morgan fingerprint density at radius 3 is 1.07 bits per heavy atom. The second kappa shape index (κ2) is 23.5. The van der Waals surface area contributed by atoms with Gasteiger partial charge in [0.2, 0.25) is 0 Å². The van der Waals surface area contributed by atoms with E-state index in [0.29, 0.717) is 39.8 Å². The molecule has 2 aliphatic rings. The van der Waals surface area contributed by atoms with E-state index in [9.17, 15) is 65.9 Å². The summed E-state index contributed by atoms with van der Waals surface area (Å²) in [7, 11) is 0. The summed E-state index contributed by atoms with van der Waals surface area (Å²) in [5, 5.41) is 3.05. The second-order valence-electron chi connectivity index (χ2n) is 17.5. The molecule has 0 nitrogen and oxygen atoms in total. The molecule has 69 heavy (non-hydrogen) atoms. The van der Waals surface area contributed by atoms with E-state index in [1.807, 2.05) is 42.9 Å². The Morgan fingerprint density at radius 1 is 0.493 bits per heavy atom. The largest absolute Gasteiger partial charge is 1.00 e. The van der Waals surface area contributed by atoms with Crippen molar-refractivity contribution in [1.82, 2.24) is 0 Å². The van der Waals surface area contributed by atoms with E-state index in [1.165, 1.54) is 49.0 Å². The van der Waals surface area contributed by atoms with Gasteiger partial charge in [0, 0.05) is 0 Å². The van der Waals surface area contributed by atoms with Crippen molar-refractivity contribution in [1.29, 1.82) is 0 Å². The predicted octanol–water partition coefficient (Wildman–Crippen LogP) is 12.1. The van der Waals surface area contributed by atoms with Crippen molar-refractivity contribution in [2.45, 2.75) is 114 Å². The average molecular weight is 1120 g/mol. The quantitative estimate of drug-likeness (QED) is 0.0809. The number of halogens is 17. The zero-order chi connectivity index (χ0) is 49.1. The molecule has 374 valence electrons. The summed E-state index contributed by atoms with van der Waals surface area (Å²) in [6, 6.07) is 21.9. The molecule has 2 aliphatic carbocycles. The first-order valence-corrected chi connectivity index (χ1v) is 27.6. The summed E-state index contributed by atoms with van der Waals surface area (Å²) >= 11 is 1.29. The molecule has 0 atom stereocenters. The molecule has 0 aliphatic heterocycles. The fourth-order valence-corrected chi connectivity index (χ4v) is 10.6. The first kappa shape index (κ1) is 58.3. The summed E-state index contributed by atoms with van der Waals surface area (Å²) in [4.78, 5) is 0. The minimum atomic E-state index is -4.86. The van der Waals surface area contributed by atoms with Crippen LogP contribution < -0.4 is 24.8 Å². The van der Waals surface area contributed by atoms with Crippen LogP contribution in [0.3, 0.4) is 0 Å². The third kappa shape index (κ3) is 16.4. The second-order valence-corrected chi connectivity index (χ2v) is 25.9. The predicted molar refractivity (Wildman–Crippen MR) is 228 cm³/mol. The van der Waals surface area contributed by atoms with Crippen LogP contribution in [0.2, 0.25) is 12.6 Å². The van der Waals surface area contributed by atoms with E-state index >= 15 is 0 Å². The minimum Gasteiger partial charge on any atom is -1.00 e. The van der Waals surface area contributed by atoms with Crippen LogP contribution in [0.1, 0.15) is 91.2 Å². The van der Waals surface area contributed by atoms with Crippen LogP contribution >= 0.6 is 0 Å². The van der Waals surface area contributed by atoms with Gasteiger partial charge < -0.3 is 24.8 Å². The molecule has 6 aromatic carbocycles. The van der Waals surface area contributed by atoms with Gasteiger partial charge in [0.05, 0.1) is 22.3 Å². The van der Waals surface area contributed by atoms with Crippen molar-refractivity contribution in [3.63, 3.8) is 0 Å². The number of rotatable bonds is 8. The minimum absolute atomic E-state index is 0. The van der Waals surface area contributed by atoms with Gasteiger partial charge in [-0.3, -0.25) is 0 Å². The molecule has 0 radical (unpaired) electrons. The number of hydrogen-bond acceptors (Lipinski definition) is 0. The Morgan fingerprint density at radius 2 is 0.812 bits per heavy atom. The monoisotopic (exact) mass is 1120 g/mol. The van der Waals surface area contributed by atoms with Gasteiger partial charge >= 0.3 is 91.8 Å². The van der Waals surface area contributed by atoms with Crippen LogP contribution in [0.5, 0.6) is 0 Å². The molecule has 0 aromatic heterocycles. The van der Waals surface area contributed by atoms with Crippen molar-refractivity contribution in [2.75, 3.05) is 0 Å². The van der Waals surface area contributed by atoms with Crippen LogP contribution in [0, 0.1) is 11.8 Å². The van der Waals surface area contributed by atoms with Crippen molar-refractivity contribution >= 4 is 27.0 Å². The molecule has 2 fully saturated rings. The molecular formula is C50H45Cl2F15SiZr-2. The first-order valence-electron chi connectivity index (χ1n) is 21.7. The van der Waals surface area contributed by atoms with Crippen LogP contribution in [-0.2, 0) is 60.9 Å². The van der Waals surface area contributed by atoms with E-state index in [1.54, 1.807) is 24.3 Å². The van der Waals surface area contributed by atoms with Crippen LogP contribution in [0.4, 0.5) is 65.9 Å². The molecule has 6 aromatic rings. The SMILES string of the molecule is C[Si](=[Zr+2])CCC(F)(F)F.FC(F)(F)c1cc(-c2cccc3[cH-]c(CC4CCCC4)cc23)cc(C(F)(F)F)c1.FC(F)(F)c1cc(-c2cccc3[cH-]c(CC4CCCC4)cc23)cc(C(F)(F)F)c1.[Cl-].[Cl-]. The fraction of sp³-hybridized carbons (Fsp3) is 0.400. The van der Waals surface area contributed by atoms with E-state index in [0.717, 1.165) is 84.7 Å². The topological polar surface area (TPSA) is 0 Å². The van der Waals surface area contributed by atoms with Gasteiger partial charge in [-0.05, 0) is 72.2 Å². The smallest absolute Gasteiger partial charge is 0.416 e. The molecule has 2 saturated carbocycles. The number of alkyl halides is 15. The molecule has 0 bridgehead atoms. The van der Waals surface area contributed by atoms with E-state index in [4.69, 9.17) is 0 Å². The van der Waals surface area contributed by atoms with Crippen molar-refractivity contribution in [3.8, 4) is 22.3 Å². The Labute approximate surface area is 417 Å². The molecular weight excluding hydrogens is 1080 g/mol. The van der Waals surface area contributed by atoms with Gasteiger partial charge in [-0.1, -0.05) is 74.6 Å². The molecule has 0 N–H and O–H groups in total. The van der Waals surface area contributed by atoms with Gasteiger partial charge in [0.1, 0.15) is 0 Å². The summed E-state index contributed by atoms with van der Waals surface area (Å²) < 4.78 is 193. The number of hydrogen-bond donors (Lipinski definition) is 0. The molecule has 0 saturated heterocycles. The van der Waals surface area contributed by atoms with Crippen LogP contribution in [0.25, 0.3) is 43.8 Å². The number of benzene rings is 4. The molecule has 8 rings (SSSR count). The van der Waals surface area contributed by atoms with Gasteiger partial charge in [-0.15, -0.1) is 69.1 Å². The standard InChI is InChI=1S/2C23H19F6.C4H7F3Si.2ClH.Zr/c2*24-22(25,26)18-11-17(12-19(13-18)23(27,28)29)20-7-3-6-16-9-15(10-21(16)20)8-14-4-1-2-5-14;1-8-3-2-4(5,6)7;;;/h2*3,6-7,9-14H,1-2,4-5,8H2;2-3H2,1H3;2*1H;/q2*-1;;;;+2/p-2. The van der Waals surface area contributed by atoms with Gasteiger partial charge in [-0.2, -0.15) is 64.8 Å². The van der Waals surface area contributed by atoms with Gasteiger partial charge in [-0.25, -0.2) is 0 Å². The molecule has 19 heteroatoms. The fourth-order valence-electron chi connectivity index (χ4n) is 8.98. The van der Waals surface area contributed by atoms with E-state index in [-0.39, 0.29) is 48.1 Å². The summed E-state index contributed by atoms with van der Waals surface area (Å²) in [5.41, 5.74) is -2.98. The maximum Gasteiger partial charge on any atom is 0.416 e. The third-order valence-corrected chi connectivity index (χ3v) is 15.0. The van der Waals surface area contributed by atoms with E-state index in [2.05, 4.69) is 0 Å². The zero-order valence-corrected chi connectivity index (χ0v) is 41.8. The molecule has 0 spiro atoms. The molecule has 0 heterocycles. The van der Waals surface area contributed by atoms with Crippen molar-refractivity contribution < 1.29 is 114 Å². The van der Waals surface area contributed by atoms with Crippen molar-refractivity contribution in [2.24, 2.45) is 11.8 Å². The summed E-state index contributed by atoms with van der Waals surface area (Å²) in [6.45, 7) is 1.93.